The summed E-state index contributed by atoms with van der Waals surface area (Å²) in [5.74, 6) is -1.10. The first kappa shape index (κ1) is 21.9. The molecule has 32 heavy (non-hydrogen) atoms. The van der Waals surface area contributed by atoms with Gasteiger partial charge in [-0.3, -0.25) is 4.79 Å². The van der Waals surface area contributed by atoms with Crippen LogP contribution >= 0.6 is 11.6 Å². The molecule has 6 heteroatoms. The van der Waals surface area contributed by atoms with Crippen LogP contribution in [0.1, 0.15) is 35.3 Å². The van der Waals surface area contributed by atoms with Gasteiger partial charge in [-0.1, -0.05) is 79.2 Å². The molecule has 1 saturated heterocycles. The standard InChI is InChI=1S/C26H24ClNO4/c1-16-15-21(26(30)31)28(24(16)19-11-6-7-13-20(19)27)25(29)23-18(12-8-14-22(23)32-2)17-9-4-3-5-10-17/h3-14,16,21,24H,15H2,1-2H3,(H,30,31)/t16-,21?,24-/m0/s1. The molecule has 0 spiro atoms. The maximum absolute atomic E-state index is 14.1. The summed E-state index contributed by atoms with van der Waals surface area (Å²) in [7, 11) is 1.51. The first-order valence-corrected chi connectivity index (χ1v) is 10.8. The van der Waals surface area contributed by atoms with Crippen LogP contribution in [0.2, 0.25) is 5.02 Å². The summed E-state index contributed by atoms with van der Waals surface area (Å²) >= 11 is 6.49. The number of halogens is 1. The fourth-order valence-corrected chi connectivity index (χ4v) is 4.88. The lowest BCUT2D eigenvalue weighted by atomic mass is 9.93. The summed E-state index contributed by atoms with van der Waals surface area (Å²) in [6, 6.07) is 20.8. The van der Waals surface area contributed by atoms with Gasteiger partial charge in [-0.2, -0.15) is 0 Å². The molecule has 0 bridgehead atoms. The molecule has 5 nitrogen and oxygen atoms in total. The highest BCUT2D eigenvalue weighted by Crippen LogP contribution is 2.45. The Kier molecular flexibility index (Phi) is 6.19. The predicted octanol–water partition coefficient (Wildman–Crippen LogP) is 5.69. The topological polar surface area (TPSA) is 66.8 Å². The molecule has 0 aliphatic carbocycles. The van der Waals surface area contributed by atoms with Crippen molar-refractivity contribution in [3.05, 3.63) is 88.9 Å². The summed E-state index contributed by atoms with van der Waals surface area (Å²) in [4.78, 5) is 27.8. The molecular formula is C26H24ClNO4. The van der Waals surface area contributed by atoms with Crippen molar-refractivity contribution in [3.8, 4) is 16.9 Å². The summed E-state index contributed by atoms with van der Waals surface area (Å²) in [5.41, 5.74) is 2.63. The Morgan fingerprint density at radius 2 is 1.69 bits per heavy atom. The van der Waals surface area contributed by atoms with Crippen LogP contribution < -0.4 is 4.74 Å². The monoisotopic (exact) mass is 449 g/mol. The minimum absolute atomic E-state index is 0.0881. The van der Waals surface area contributed by atoms with Crippen molar-refractivity contribution in [1.82, 2.24) is 4.90 Å². The average molecular weight is 450 g/mol. The van der Waals surface area contributed by atoms with Crippen molar-refractivity contribution in [2.45, 2.75) is 25.4 Å². The van der Waals surface area contributed by atoms with Crippen molar-refractivity contribution >= 4 is 23.5 Å². The molecule has 164 valence electrons. The van der Waals surface area contributed by atoms with Gasteiger partial charge in [-0.05, 0) is 41.2 Å². The van der Waals surface area contributed by atoms with E-state index in [1.807, 2.05) is 67.6 Å². The third-order valence-electron chi connectivity index (χ3n) is 6.06. The van der Waals surface area contributed by atoms with E-state index in [0.29, 0.717) is 28.3 Å². The molecule has 4 rings (SSSR count). The summed E-state index contributed by atoms with van der Waals surface area (Å²) in [6.45, 7) is 1.96. The molecule has 3 aromatic carbocycles. The molecule has 1 heterocycles. The smallest absolute Gasteiger partial charge is 0.326 e. The molecule has 3 atom stereocenters. The van der Waals surface area contributed by atoms with Gasteiger partial charge in [0.15, 0.2) is 0 Å². The second-order valence-electron chi connectivity index (χ2n) is 7.99. The molecule has 1 fully saturated rings. The van der Waals surface area contributed by atoms with Gasteiger partial charge in [-0.15, -0.1) is 0 Å². The van der Waals surface area contributed by atoms with Gasteiger partial charge in [0.05, 0.1) is 18.7 Å². The van der Waals surface area contributed by atoms with Crippen LogP contribution in [-0.4, -0.2) is 35.0 Å². The van der Waals surface area contributed by atoms with Crippen molar-refractivity contribution in [3.63, 3.8) is 0 Å². The highest BCUT2D eigenvalue weighted by molar-refractivity contribution is 6.31. The second kappa shape index (κ2) is 9.05. The van der Waals surface area contributed by atoms with E-state index in [-0.39, 0.29) is 11.8 Å². The second-order valence-corrected chi connectivity index (χ2v) is 8.40. The molecular weight excluding hydrogens is 426 g/mol. The van der Waals surface area contributed by atoms with E-state index in [1.54, 1.807) is 12.1 Å². The van der Waals surface area contributed by atoms with E-state index in [1.165, 1.54) is 12.0 Å². The molecule has 3 aromatic rings. The highest BCUT2D eigenvalue weighted by Gasteiger charge is 2.47. The number of carbonyl (C=O) groups excluding carboxylic acids is 1. The molecule has 1 unspecified atom stereocenters. The minimum atomic E-state index is -1.03. The molecule has 1 amide bonds. The van der Waals surface area contributed by atoms with E-state index in [0.717, 1.165) is 11.1 Å². The number of benzene rings is 3. The number of ether oxygens (including phenoxy) is 1. The first-order valence-electron chi connectivity index (χ1n) is 10.5. The lowest BCUT2D eigenvalue weighted by molar-refractivity contribution is -0.141. The van der Waals surface area contributed by atoms with Crippen molar-refractivity contribution in [2.24, 2.45) is 5.92 Å². The Labute approximate surface area is 192 Å². The number of aliphatic carboxylic acids is 1. The average Bonchev–Trinajstić information content (AvgIpc) is 3.16. The number of hydrogen-bond acceptors (Lipinski definition) is 3. The summed E-state index contributed by atoms with van der Waals surface area (Å²) in [6.07, 6.45) is 0.340. The molecule has 0 aromatic heterocycles. The number of carboxylic acids is 1. The van der Waals surface area contributed by atoms with Gasteiger partial charge in [0.2, 0.25) is 0 Å². The normalized spacial score (nSPS) is 20.2. The predicted molar refractivity (Wildman–Crippen MR) is 124 cm³/mol. The number of carboxylic acid groups (broad SMARTS) is 1. The largest absolute Gasteiger partial charge is 0.496 e. The van der Waals surface area contributed by atoms with E-state index in [4.69, 9.17) is 16.3 Å². The van der Waals surface area contributed by atoms with E-state index < -0.39 is 18.1 Å². The van der Waals surface area contributed by atoms with Gasteiger partial charge in [0.25, 0.3) is 5.91 Å². The number of methoxy groups -OCH3 is 1. The Morgan fingerprint density at radius 1 is 1.00 bits per heavy atom. The van der Waals surface area contributed by atoms with E-state index >= 15 is 0 Å². The zero-order valence-corrected chi connectivity index (χ0v) is 18.6. The third kappa shape index (κ3) is 3.84. The molecule has 1 aliphatic heterocycles. The number of amides is 1. The van der Waals surface area contributed by atoms with Gasteiger partial charge in [-0.25, -0.2) is 4.79 Å². The van der Waals surface area contributed by atoms with Gasteiger partial charge in [0, 0.05) is 5.02 Å². The fourth-order valence-electron chi connectivity index (χ4n) is 4.63. The van der Waals surface area contributed by atoms with E-state index in [9.17, 15) is 14.7 Å². The third-order valence-corrected chi connectivity index (χ3v) is 6.40. The maximum Gasteiger partial charge on any atom is 0.326 e. The Hall–Kier alpha value is -3.31. The lowest BCUT2D eigenvalue weighted by Crippen LogP contribution is -2.42. The van der Waals surface area contributed by atoms with Gasteiger partial charge in [0.1, 0.15) is 11.8 Å². The SMILES string of the molecule is COc1cccc(-c2ccccc2)c1C(=O)N1C(C(=O)O)C[C@H](C)[C@H]1c1ccccc1Cl. The van der Waals surface area contributed by atoms with Crippen LogP contribution in [0.25, 0.3) is 11.1 Å². The van der Waals surface area contributed by atoms with Gasteiger partial charge >= 0.3 is 5.97 Å². The number of nitrogens with zero attached hydrogens (tertiary/aromatic N) is 1. The highest BCUT2D eigenvalue weighted by atomic mass is 35.5. The molecule has 0 radical (unpaired) electrons. The Bertz CT molecular complexity index is 1150. The van der Waals surface area contributed by atoms with E-state index in [2.05, 4.69) is 0 Å². The Morgan fingerprint density at radius 3 is 2.34 bits per heavy atom. The van der Waals surface area contributed by atoms with Crippen LogP contribution in [-0.2, 0) is 4.79 Å². The number of hydrogen-bond donors (Lipinski definition) is 1. The first-order chi connectivity index (χ1) is 15.4. The van der Waals surface area contributed by atoms with Crippen LogP contribution in [0.15, 0.2) is 72.8 Å². The number of carbonyl (C=O) groups is 2. The van der Waals surface area contributed by atoms with Crippen molar-refractivity contribution in [2.75, 3.05) is 7.11 Å². The van der Waals surface area contributed by atoms with Crippen molar-refractivity contribution < 1.29 is 19.4 Å². The molecule has 0 saturated carbocycles. The van der Waals surface area contributed by atoms with Crippen LogP contribution in [0.3, 0.4) is 0 Å². The van der Waals surface area contributed by atoms with Gasteiger partial charge < -0.3 is 14.7 Å². The number of rotatable bonds is 5. The zero-order chi connectivity index (χ0) is 22.8. The quantitative estimate of drug-likeness (QED) is 0.543. The molecule has 1 aliphatic rings. The molecule has 1 N–H and O–H groups in total. The minimum Gasteiger partial charge on any atom is -0.496 e. The van der Waals surface area contributed by atoms with Crippen LogP contribution in [0.4, 0.5) is 0 Å². The maximum atomic E-state index is 14.1. The lowest BCUT2D eigenvalue weighted by Gasteiger charge is -2.31. The van der Waals surface area contributed by atoms with Crippen molar-refractivity contribution in [1.29, 1.82) is 0 Å². The summed E-state index contributed by atoms with van der Waals surface area (Å²) < 4.78 is 5.55. The number of likely N-dealkylation sites (tertiary alicyclic amines) is 1. The zero-order valence-electron chi connectivity index (χ0n) is 17.9. The van der Waals surface area contributed by atoms with Crippen LogP contribution in [0, 0.1) is 5.92 Å². The van der Waals surface area contributed by atoms with Crippen LogP contribution in [0.5, 0.6) is 5.75 Å². The fraction of sp³-hybridized carbons (Fsp3) is 0.231. The summed E-state index contributed by atoms with van der Waals surface area (Å²) in [5, 5.41) is 10.5. The Balaban J connectivity index is 1.90.